The summed E-state index contributed by atoms with van der Waals surface area (Å²) in [5.41, 5.74) is -3.36. The molecule has 0 radical (unpaired) electrons. The van der Waals surface area contributed by atoms with Gasteiger partial charge in [-0.15, -0.1) is 0 Å². The maximum Gasteiger partial charge on any atom is 0.426 e. The van der Waals surface area contributed by atoms with E-state index in [1.165, 1.54) is 31.4 Å². The van der Waals surface area contributed by atoms with Gasteiger partial charge in [0.2, 0.25) is 5.60 Å². The van der Waals surface area contributed by atoms with Crippen LogP contribution >= 0.6 is 0 Å². The lowest BCUT2D eigenvalue weighted by Gasteiger charge is -2.28. The third kappa shape index (κ3) is 3.41. The van der Waals surface area contributed by atoms with Gasteiger partial charge in [0.25, 0.3) is 0 Å². The van der Waals surface area contributed by atoms with Gasteiger partial charge in [-0.25, -0.2) is 0 Å². The van der Waals surface area contributed by atoms with Gasteiger partial charge in [0.15, 0.2) is 0 Å². The zero-order valence-corrected chi connectivity index (χ0v) is 12.3. The summed E-state index contributed by atoms with van der Waals surface area (Å²) in [6.45, 7) is 0.945. The molecule has 1 aliphatic rings. The van der Waals surface area contributed by atoms with Gasteiger partial charge < -0.3 is 9.84 Å². The average molecular weight is 316 g/mol. The van der Waals surface area contributed by atoms with Crippen molar-refractivity contribution in [3.8, 4) is 0 Å². The summed E-state index contributed by atoms with van der Waals surface area (Å²) in [5.74, 6) is 0. The largest absolute Gasteiger partial charge is 0.426 e. The third-order valence-corrected chi connectivity index (χ3v) is 3.74. The number of methoxy groups -OCH3 is 1. The highest BCUT2D eigenvalue weighted by Gasteiger charge is 2.54. The van der Waals surface area contributed by atoms with Crippen molar-refractivity contribution < 1.29 is 23.0 Å². The topological polar surface area (TPSA) is 45.1 Å². The Hall–Kier alpha value is -1.60. The van der Waals surface area contributed by atoms with Gasteiger partial charge in [-0.2, -0.15) is 18.3 Å². The molecule has 1 aromatic carbocycles. The highest BCUT2D eigenvalue weighted by atomic mass is 19.4. The predicted octanol–water partition coefficient (Wildman–Crippen LogP) is 2.53. The van der Waals surface area contributed by atoms with Crippen molar-refractivity contribution >= 4 is 6.21 Å². The van der Waals surface area contributed by atoms with Crippen LogP contribution in [0.5, 0.6) is 0 Å². The van der Waals surface area contributed by atoms with Crippen LogP contribution in [0.1, 0.15) is 18.4 Å². The van der Waals surface area contributed by atoms with E-state index in [1.54, 1.807) is 11.1 Å². The minimum atomic E-state index is -4.85. The van der Waals surface area contributed by atoms with Crippen LogP contribution in [0.3, 0.4) is 0 Å². The number of alkyl halides is 3. The highest BCUT2D eigenvalue weighted by Crippen LogP contribution is 2.37. The van der Waals surface area contributed by atoms with Crippen LogP contribution in [0.15, 0.2) is 35.4 Å². The summed E-state index contributed by atoms with van der Waals surface area (Å²) in [4.78, 5) is 0. The SMILES string of the molecule is COC[C@@H]1CCCN1/N=C/[C@](O)(c1ccccc1)C(F)(F)F. The lowest BCUT2D eigenvalue weighted by Crippen LogP contribution is -2.44. The molecule has 0 aromatic heterocycles. The normalized spacial score (nSPS) is 22.2. The van der Waals surface area contributed by atoms with E-state index >= 15 is 0 Å². The van der Waals surface area contributed by atoms with Gasteiger partial charge in [-0.05, 0) is 18.4 Å². The number of hydrazone groups is 1. The van der Waals surface area contributed by atoms with Crippen molar-refractivity contribution in [3.63, 3.8) is 0 Å². The van der Waals surface area contributed by atoms with Crippen LogP contribution in [0, 0.1) is 0 Å². The number of rotatable bonds is 5. The zero-order valence-electron chi connectivity index (χ0n) is 12.3. The van der Waals surface area contributed by atoms with Crippen LogP contribution in [-0.4, -0.2) is 48.8 Å². The first-order chi connectivity index (χ1) is 10.4. The predicted molar refractivity (Wildman–Crippen MR) is 76.5 cm³/mol. The number of hydrogen-bond donors (Lipinski definition) is 1. The minimum absolute atomic E-state index is 0.0606. The van der Waals surface area contributed by atoms with E-state index < -0.39 is 11.8 Å². The molecule has 1 aliphatic heterocycles. The summed E-state index contributed by atoms with van der Waals surface area (Å²) in [5, 5.41) is 15.6. The lowest BCUT2D eigenvalue weighted by atomic mass is 9.94. The summed E-state index contributed by atoms with van der Waals surface area (Å²) in [7, 11) is 1.54. The van der Waals surface area contributed by atoms with Gasteiger partial charge in [0.1, 0.15) is 0 Å². The fraction of sp³-hybridized carbons (Fsp3) is 0.533. The molecule has 0 spiro atoms. The monoisotopic (exact) mass is 316 g/mol. The second-order valence-corrected chi connectivity index (χ2v) is 5.29. The first-order valence-corrected chi connectivity index (χ1v) is 7.04. The Bertz CT molecular complexity index is 507. The standard InChI is InChI=1S/C15H19F3N2O2/c1-22-10-13-8-5-9-20(13)19-11-14(21,15(16,17)18)12-6-3-2-4-7-12/h2-4,6-7,11,13,21H,5,8-10H2,1H3/b19-11+/t13-,14-/m0/s1. The van der Waals surface area contributed by atoms with E-state index in [0.29, 0.717) is 19.4 Å². The summed E-state index contributed by atoms with van der Waals surface area (Å²) in [6, 6.07) is 6.89. The van der Waals surface area contributed by atoms with Gasteiger partial charge in [0.05, 0.1) is 18.9 Å². The molecule has 1 aromatic rings. The number of hydrogen-bond acceptors (Lipinski definition) is 4. The van der Waals surface area contributed by atoms with E-state index in [1.807, 2.05) is 0 Å². The molecule has 1 saturated heterocycles. The summed E-state index contributed by atoms with van der Waals surface area (Å²) < 4.78 is 45.0. The molecule has 0 bridgehead atoms. The molecule has 2 rings (SSSR count). The fourth-order valence-corrected chi connectivity index (χ4v) is 2.50. The van der Waals surface area contributed by atoms with Crippen LogP contribution in [-0.2, 0) is 10.3 Å². The number of halogens is 3. The maximum atomic E-state index is 13.3. The molecule has 1 fully saturated rings. The Morgan fingerprint density at radius 2 is 2.05 bits per heavy atom. The summed E-state index contributed by atoms with van der Waals surface area (Å²) >= 11 is 0. The number of aliphatic hydroxyl groups is 1. The van der Waals surface area contributed by atoms with Crippen molar-refractivity contribution in [3.05, 3.63) is 35.9 Å². The zero-order chi connectivity index (χ0) is 16.2. The van der Waals surface area contributed by atoms with Crippen molar-refractivity contribution in [2.24, 2.45) is 5.10 Å². The minimum Gasteiger partial charge on any atom is -0.382 e. The average Bonchev–Trinajstić information content (AvgIpc) is 2.92. The maximum absolute atomic E-state index is 13.3. The molecule has 0 unspecified atom stereocenters. The van der Waals surface area contributed by atoms with Gasteiger partial charge in [-0.3, -0.25) is 5.01 Å². The van der Waals surface area contributed by atoms with Gasteiger partial charge in [0, 0.05) is 13.7 Å². The van der Waals surface area contributed by atoms with Gasteiger partial charge in [-0.1, -0.05) is 30.3 Å². The van der Waals surface area contributed by atoms with Crippen LogP contribution in [0.25, 0.3) is 0 Å². The molecule has 2 atom stereocenters. The fourth-order valence-electron chi connectivity index (χ4n) is 2.50. The summed E-state index contributed by atoms with van der Waals surface area (Å²) in [6.07, 6.45) is -2.63. The Kier molecular flexibility index (Phi) is 5.08. The molecular formula is C15H19F3N2O2. The van der Waals surface area contributed by atoms with E-state index in [0.717, 1.165) is 12.8 Å². The Balaban J connectivity index is 2.26. The first kappa shape index (κ1) is 16.8. The molecule has 0 aliphatic carbocycles. The second kappa shape index (κ2) is 6.66. The molecular weight excluding hydrogens is 297 g/mol. The van der Waals surface area contributed by atoms with Crippen LogP contribution in [0.2, 0.25) is 0 Å². The van der Waals surface area contributed by atoms with Crippen LogP contribution in [0.4, 0.5) is 13.2 Å². The van der Waals surface area contributed by atoms with Crippen molar-refractivity contribution in [2.45, 2.75) is 30.7 Å². The Morgan fingerprint density at radius 3 is 2.64 bits per heavy atom. The molecule has 4 nitrogen and oxygen atoms in total. The highest BCUT2D eigenvalue weighted by molar-refractivity contribution is 5.72. The molecule has 1 heterocycles. The third-order valence-electron chi connectivity index (χ3n) is 3.74. The molecule has 7 heteroatoms. The molecule has 0 saturated carbocycles. The lowest BCUT2D eigenvalue weighted by molar-refractivity contribution is -0.234. The molecule has 122 valence electrons. The van der Waals surface area contributed by atoms with E-state index in [4.69, 9.17) is 4.74 Å². The number of ether oxygens (including phenoxy) is 1. The van der Waals surface area contributed by atoms with E-state index in [-0.39, 0.29) is 11.6 Å². The first-order valence-electron chi connectivity index (χ1n) is 7.04. The van der Waals surface area contributed by atoms with E-state index in [2.05, 4.69) is 5.10 Å². The molecule has 22 heavy (non-hydrogen) atoms. The van der Waals surface area contributed by atoms with Crippen molar-refractivity contribution in [1.29, 1.82) is 0 Å². The van der Waals surface area contributed by atoms with Gasteiger partial charge >= 0.3 is 6.18 Å². The quantitative estimate of drug-likeness (QED) is 0.849. The van der Waals surface area contributed by atoms with Crippen molar-refractivity contribution in [2.75, 3.05) is 20.3 Å². The molecule has 1 N–H and O–H groups in total. The number of benzene rings is 1. The number of nitrogens with zero attached hydrogens (tertiary/aromatic N) is 2. The molecule has 0 amide bonds. The Labute approximate surface area is 127 Å². The van der Waals surface area contributed by atoms with Crippen LogP contribution < -0.4 is 0 Å². The smallest absolute Gasteiger partial charge is 0.382 e. The van der Waals surface area contributed by atoms with E-state index in [9.17, 15) is 18.3 Å². The van der Waals surface area contributed by atoms with Crippen molar-refractivity contribution in [1.82, 2.24) is 5.01 Å². The second-order valence-electron chi connectivity index (χ2n) is 5.29. The Morgan fingerprint density at radius 1 is 1.36 bits per heavy atom.